The standard InChI is InChI=1S/C18H24N2O4/c1-3-24-17(21)15-8-6-12-20(13-15)18(22)19-11-10-14-7-4-5-9-16(14)23-2/h4-5,7,9-11,15H,3,6,8,12-13H2,1-2H3,(H,19,22)/b11-10+. The monoisotopic (exact) mass is 332 g/mol. The maximum absolute atomic E-state index is 12.2. The summed E-state index contributed by atoms with van der Waals surface area (Å²) in [6, 6.07) is 7.33. The van der Waals surface area contributed by atoms with Gasteiger partial charge in [-0.25, -0.2) is 4.79 Å². The third-order valence-corrected chi connectivity index (χ3v) is 3.94. The second-order valence-electron chi connectivity index (χ2n) is 5.56. The molecule has 0 saturated carbocycles. The smallest absolute Gasteiger partial charge is 0.321 e. The number of nitrogens with zero attached hydrogens (tertiary/aromatic N) is 1. The van der Waals surface area contributed by atoms with Crippen molar-refractivity contribution in [2.45, 2.75) is 19.8 Å². The first-order chi connectivity index (χ1) is 11.7. The number of amides is 2. The molecule has 0 spiro atoms. The molecule has 2 rings (SSSR count). The van der Waals surface area contributed by atoms with Crippen molar-refractivity contribution in [3.05, 3.63) is 36.0 Å². The van der Waals surface area contributed by atoms with Crippen LogP contribution in [0.25, 0.3) is 6.08 Å². The summed E-state index contributed by atoms with van der Waals surface area (Å²) in [4.78, 5) is 25.7. The van der Waals surface area contributed by atoms with Crippen molar-refractivity contribution in [1.82, 2.24) is 10.2 Å². The number of para-hydroxylation sites is 1. The molecule has 1 saturated heterocycles. The number of carbonyl (C=O) groups is 2. The molecule has 24 heavy (non-hydrogen) atoms. The Morgan fingerprint density at radius 3 is 2.92 bits per heavy atom. The number of nitrogens with one attached hydrogen (secondary N) is 1. The number of esters is 1. The molecule has 1 heterocycles. The van der Waals surface area contributed by atoms with E-state index >= 15 is 0 Å². The van der Waals surface area contributed by atoms with Gasteiger partial charge in [-0.1, -0.05) is 18.2 Å². The second kappa shape index (κ2) is 8.96. The topological polar surface area (TPSA) is 67.9 Å². The maximum atomic E-state index is 12.2. The van der Waals surface area contributed by atoms with Gasteiger partial charge in [-0.3, -0.25) is 4.79 Å². The van der Waals surface area contributed by atoms with E-state index in [4.69, 9.17) is 9.47 Å². The van der Waals surface area contributed by atoms with E-state index in [2.05, 4.69) is 5.32 Å². The van der Waals surface area contributed by atoms with E-state index in [1.54, 1.807) is 31.2 Å². The van der Waals surface area contributed by atoms with E-state index in [0.717, 1.165) is 24.2 Å². The Kier molecular flexibility index (Phi) is 6.66. The highest BCUT2D eigenvalue weighted by Gasteiger charge is 2.28. The van der Waals surface area contributed by atoms with Crippen molar-refractivity contribution >= 4 is 18.1 Å². The molecule has 0 bridgehead atoms. The zero-order chi connectivity index (χ0) is 17.4. The Labute approximate surface area is 142 Å². The van der Waals surface area contributed by atoms with Gasteiger partial charge in [-0.05, 0) is 31.9 Å². The number of rotatable bonds is 5. The molecule has 0 aliphatic carbocycles. The summed E-state index contributed by atoms with van der Waals surface area (Å²) >= 11 is 0. The van der Waals surface area contributed by atoms with Gasteiger partial charge in [0.2, 0.25) is 0 Å². The molecule has 0 radical (unpaired) electrons. The van der Waals surface area contributed by atoms with Gasteiger partial charge in [0, 0.05) is 24.9 Å². The second-order valence-corrected chi connectivity index (χ2v) is 5.56. The fraction of sp³-hybridized carbons (Fsp3) is 0.444. The fourth-order valence-electron chi connectivity index (χ4n) is 2.71. The average Bonchev–Trinajstić information content (AvgIpc) is 2.62. The molecule has 6 heteroatoms. The van der Waals surface area contributed by atoms with Crippen LogP contribution in [-0.2, 0) is 9.53 Å². The maximum Gasteiger partial charge on any atom is 0.321 e. The molecule has 1 aromatic carbocycles. The summed E-state index contributed by atoms with van der Waals surface area (Å²) in [5.74, 6) is 0.283. The van der Waals surface area contributed by atoms with Crippen LogP contribution < -0.4 is 10.1 Å². The lowest BCUT2D eigenvalue weighted by molar-refractivity contribution is -0.149. The van der Waals surface area contributed by atoms with Crippen LogP contribution in [0, 0.1) is 5.92 Å². The minimum absolute atomic E-state index is 0.213. The Balaban J connectivity index is 1.90. The molecule has 0 aromatic heterocycles. The fourth-order valence-corrected chi connectivity index (χ4v) is 2.71. The number of hydrogen-bond donors (Lipinski definition) is 1. The van der Waals surface area contributed by atoms with E-state index in [0.29, 0.717) is 19.7 Å². The third-order valence-electron chi connectivity index (χ3n) is 3.94. The van der Waals surface area contributed by atoms with Crippen LogP contribution >= 0.6 is 0 Å². The molecular weight excluding hydrogens is 308 g/mol. The number of ether oxygens (including phenoxy) is 2. The molecule has 1 unspecified atom stereocenters. The number of hydrogen-bond acceptors (Lipinski definition) is 4. The SMILES string of the molecule is CCOC(=O)C1CCCN(C(=O)N/C=C/c2ccccc2OC)C1. The predicted octanol–water partition coefficient (Wildman–Crippen LogP) is 2.65. The number of likely N-dealkylation sites (tertiary alicyclic amines) is 1. The van der Waals surface area contributed by atoms with Gasteiger partial charge >= 0.3 is 12.0 Å². The largest absolute Gasteiger partial charge is 0.496 e. The molecule has 130 valence electrons. The van der Waals surface area contributed by atoms with Crippen LogP contribution in [0.1, 0.15) is 25.3 Å². The van der Waals surface area contributed by atoms with Gasteiger partial charge in [0.25, 0.3) is 0 Å². The van der Waals surface area contributed by atoms with Crippen molar-refractivity contribution in [2.24, 2.45) is 5.92 Å². The molecule has 2 amide bonds. The normalized spacial score (nSPS) is 17.6. The Bertz CT molecular complexity index is 600. The lowest BCUT2D eigenvalue weighted by atomic mass is 9.98. The molecule has 1 fully saturated rings. The van der Waals surface area contributed by atoms with Crippen LogP contribution in [0.2, 0.25) is 0 Å². The van der Waals surface area contributed by atoms with Gasteiger partial charge in [0.1, 0.15) is 5.75 Å². The number of benzene rings is 1. The van der Waals surface area contributed by atoms with Crippen molar-refractivity contribution in [3.63, 3.8) is 0 Å². The summed E-state index contributed by atoms with van der Waals surface area (Å²) in [5.41, 5.74) is 0.878. The first-order valence-electron chi connectivity index (χ1n) is 8.17. The van der Waals surface area contributed by atoms with Crippen LogP contribution in [0.4, 0.5) is 4.79 Å². The van der Waals surface area contributed by atoms with Crippen LogP contribution in [0.3, 0.4) is 0 Å². The Morgan fingerprint density at radius 2 is 2.17 bits per heavy atom. The zero-order valence-electron chi connectivity index (χ0n) is 14.2. The molecule has 1 N–H and O–H groups in total. The van der Waals surface area contributed by atoms with Crippen LogP contribution in [0.15, 0.2) is 30.5 Å². The average molecular weight is 332 g/mol. The minimum atomic E-state index is -0.234. The highest BCUT2D eigenvalue weighted by atomic mass is 16.5. The third kappa shape index (κ3) is 4.75. The number of methoxy groups -OCH3 is 1. The van der Waals surface area contributed by atoms with E-state index in [1.165, 1.54) is 0 Å². The summed E-state index contributed by atoms with van der Waals surface area (Å²) < 4.78 is 10.3. The number of urea groups is 1. The van der Waals surface area contributed by atoms with Gasteiger partial charge in [0.05, 0.1) is 19.6 Å². The lowest BCUT2D eigenvalue weighted by Gasteiger charge is -2.31. The molecule has 1 aliphatic rings. The number of piperidine rings is 1. The van der Waals surface area contributed by atoms with E-state index in [-0.39, 0.29) is 17.9 Å². The lowest BCUT2D eigenvalue weighted by Crippen LogP contribution is -2.46. The van der Waals surface area contributed by atoms with Crippen molar-refractivity contribution in [1.29, 1.82) is 0 Å². The van der Waals surface area contributed by atoms with Gasteiger partial charge in [-0.2, -0.15) is 0 Å². The molecule has 1 atom stereocenters. The highest BCUT2D eigenvalue weighted by molar-refractivity contribution is 5.78. The molecule has 6 nitrogen and oxygen atoms in total. The molecule has 1 aromatic rings. The predicted molar refractivity (Wildman–Crippen MR) is 91.5 cm³/mol. The summed E-state index contributed by atoms with van der Waals surface area (Å²) in [6.07, 6.45) is 4.93. The van der Waals surface area contributed by atoms with Crippen molar-refractivity contribution < 1.29 is 19.1 Å². The first-order valence-corrected chi connectivity index (χ1v) is 8.17. The Morgan fingerprint density at radius 1 is 1.38 bits per heavy atom. The van der Waals surface area contributed by atoms with E-state index in [1.807, 2.05) is 24.3 Å². The number of carbonyl (C=O) groups excluding carboxylic acids is 2. The Hall–Kier alpha value is -2.50. The summed E-state index contributed by atoms with van der Waals surface area (Å²) in [5, 5.41) is 2.74. The molecule has 1 aliphatic heterocycles. The summed E-state index contributed by atoms with van der Waals surface area (Å²) in [7, 11) is 1.61. The highest BCUT2D eigenvalue weighted by Crippen LogP contribution is 2.19. The van der Waals surface area contributed by atoms with Crippen molar-refractivity contribution in [2.75, 3.05) is 26.8 Å². The van der Waals surface area contributed by atoms with Gasteiger partial charge in [-0.15, -0.1) is 0 Å². The van der Waals surface area contributed by atoms with Gasteiger partial charge in [0.15, 0.2) is 0 Å². The van der Waals surface area contributed by atoms with E-state index < -0.39 is 0 Å². The minimum Gasteiger partial charge on any atom is -0.496 e. The first kappa shape index (κ1) is 17.8. The van der Waals surface area contributed by atoms with Crippen molar-refractivity contribution in [3.8, 4) is 5.75 Å². The zero-order valence-corrected chi connectivity index (χ0v) is 14.2. The quantitative estimate of drug-likeness (QED) is 0.842. The van der Waals surface area contributed by atoms with E-state index in [9.17, 15) is 9.59 Å². The van der Waals surface area contributed by atoms with Gasteiger partial charge < -0.3 is 19.7 Å². The van der Waals surface area contributed by atoms with Crippen LogP contribution in [0.5, 0.6) is 5.75 Å². The molecular formula is C18H24N2O4. The van der Waals surface area contributed by atoms with Crippen LogP contribution in [-0.4, -0.2) is 43.7 Å². The summed E-state index contributed by atoms with van der Waals surface area (Å²) in [6.45, 7) is 3.19.